The summed E-state index contributed by atoms with van der Waals surface area (Å²) in [5, 5.41) is 13.6. The van der Waals surface area contributed by atoms with Gasteiger partial charge in [-0.2, -0.15) is 0 Å². The molecular formula is C16H18N2O2S. The molecule has 2 N–H and O–H groups in total. The predicted octanol–water partition coefficient (Wildman–Crippen LogP) is 2.40. The Labute approximate surface area is 128 Å². The van der Waals surface area contributed by atoms with Crippen molar-refractivity contribution in [3.8, 4) is 11.8 Å². The summed E-state index contributed by atoms with van der Waals surface area (Å²) in [5.41, 5.74) is 1.51. The van der Waals surface area contributed by atoms with Crippen LogP contribution in [0, 0.1) is 11.8 Å². The first-order chi connectivity index (χ1) is 10.1. The third kappa shape index (κ3) is 3.75. The number of nitrogens with one attached hydrogen (secondary N) is 1. The van der Waals surface area contributed by atoms with Gasteiger partial charge in [0.05, 0.1) is 6.54 Å². The third-order valence-electron chi connectivity index (χ3n) is 3.02. The lowest BCUT2D eigenvalue weighted by atomic mass is 10.2. The van der Waals surface area contributed by atoms with Crippen LogP contribution in [-0.2, 0) is 6.54 Å². The van der Waals surface area contributed by atoms with Crippen LogP contribution in [0.1, 0.15) is 40.8 Å². The lowest BCUT2D eigenvalue weighted by Crippen LogP contribution is -2.25. The van der Waals surface area contributed by atoms with Gasteiger partial charge in [0.1, 0.15) is 12.3 Å². The number of carbonyl (C=O) groups is 1. The second-order valence-corrected chi connectivity index (χ2v) is 5.80. The van der Waals surface area contributed by atoms with Crippen molar-refractivity contribution in [2.75, 3.05) is 6.61 Å². The highest BCUT2D eigenvalue weighted by atomic mass is 32.1. The molecule has 0 saturated heterocycles. The molecule has 0 bridgehead atoms. The zero-order valence-corrected chi connectivity index (χ0v) is 12.9. The van der Waals surface area contributed by atoms with Gasteiger partial charge in [-0.25, -0.2) is 0 Å². The van der Waals surface area contributed by atoms with Gasteiger partial charge in [-0.15, -0.1) is 11.3 Å². The lowest BCUT2D eigenvalue weighted by molar-refractivity contribution is 0.0940. The first-order valence-electron chi connectivity index (χ1n) is 6.74. The number of aromatic nitrogens is 1. The molecule has 5 heteroatoms. The SMILES string of the molecule is CC(C)n1cccc1C(=O)NCc1sccc1C#CCO. The van der Waals surface area contributed by atoms with Crippen molar-refractivity contribution in [2.24, 2.45) is 0 Å². The summed E-state index contributed by atoms with van der Waals surface area (Å²) in [4.78, 5) is 13.2. The highest BCUT2D eigenvalue weighted by Gasteiger charge is 2.13. The van der Waals surface area contributed by atoms with Gasteiger partial charge in [-0.3, -0.25) is 4.79 Å². The molecule has 21 heavy (non-hydrogen) atoms. The summed E-state index contributed by atoms with van der Waals surface area (Å²) in [6, 6.07) is 5.83. The molecule has 0 saturated carbocycles. The summed E-state index contributed by atoms with van der Waals surface area (Å²) in [6.07, 6.45) is 1.91. The molecule has 0 aliphatic heterocycles. The molecule has 4 nitrogen and oxygen atoms in total. The van der Waals surface area contributed by atoms with E-state index in [0.29, 0.717) is 12.2 Å². The molecule has 0 unspecified atom stereocenters. The van der Waals surface area contributed by atoms with Crippen LogP contribution in [0.15, 0.2) is 29.8 Å². The molecule has 2 heterocycles. The number of carbonyl (C=O) groups excluding carboxylic acids is 1. The van der Waals surface area contributed by atoms with Gasteiger partial charge in [0.15, 0.2) is 0 Å². The number of thiophene rings is 1. The quantitative estimate of drug-likeness (QED) is 0.852. The highest BCUT2D eigenvalue weighted by Crippen LogP contribution is 2.16. The number of aliphatic hydroxyl groups is 1. The molecule has 0 aliphatic carbocycles. The van der Waals surface area contributed by atoms with Crippen LogP contribution in [0.2, 0.25) is 0 Å². The number of aliphatic hydroxyl groups excluding tert-OH is 1. The molecule has 0 fully saturated rings. The van der Waals surface area contributed by atoms with Crippen molar-refractivity contribution in [2.45, 2.75) is 26.4 Å². The van der Waals surface area contributed by atoms with Gasteiger partial charge >= 0.3 is 0 Å². The predicted molar refractivity (Wildman–Crippen MR) is 84.3 cm³/mol. The van der Waals surface area contributed by atoms with E-state index in [2.05, 4.69) is 17.2 Å². The van der Waals surface area contributed by atoms with E-state index >= 15 is 0 Å². The van der Waals surface area contributed by atoms with Crippen LogP contribution in [0.3, 0.4) is 0 Å². The lowest BCUT2D eigenvalue weighted by Gasteiger charge is -2.12. The maximum Gasteiger partial charge on any atom is 0.268 e. The van der Waals surface area contributed by atoms with Gasteiger partial charge in [-0.1, -0.05) is 11.8 Å². The number of rotatable bonds is 4. The van der Waals surface area contributed by atoms with E-state index in [1.165, 1.54) is 0 Å². The molecule has 0 spiro atoms. The first kappa shape index (κ1) is 15.4. The summed E-state index contributed by atoms with van der Waals surface area (Å²) < 4.78 is 1.94. The molecular weight excluding hydrogens is 284 g/mol. The zero-order valence-electron chi connectivity index (χ0n) is 12.1. The van der Waals surface area contributed by atoms with E-state index in [1.54, 1.807) is 11.3 Å². The Morgan fingerprint density at radius 3 is 3.00 bits per heavy atom. The maximum absolute atomic E-state index is 12.2. The first-order valence-corrected chi connectivity index (χ1v) is 7.62. The molecule has 110 valence electrons. The third-order valence-corrected chi connectivity index (χ3v) is 3.95. The Morgan fingerprint density at radius 2 is 2.29 bits per heavy atom. The minimum Gasteiger partial charge on any atom is -0.384 e. The molecule has 2 aromatic heterocycles. The number of hydrogen-bond acceptors (Lipinski definition) is 3. The van der Waals surface area contributed by atoms with Crippen LogP contribution in [0.5, 0.6) is 0 Å². The monoisotopic (exact) mass is 302 g/mol. The molecule has 2 rings (SSSR count). The van der Waals surface area contributed by atoms with Crippen molar-refractivity contribution in [1.29, 1.82) is 0 Å². The molecule has 0 atom stereocenters. The van der Waals surface area contributed by atoms with Crippen LogP contribution in [0.4, 0.5) is 0 Å². The van der Waals surface area contributed by atoms with Gasteiger partial charge < -0.3 is 15.0 Å². The summed E-state index contributed by atoms with van der Waals surface area (Å²) in [7, 11) is 0. The van der Waals surface area contributed by atoms with Gasteiger partial charge in [0.2, 0.25) is 0 Å². The summed E-state index contributed by atoms with van der Waals surface area (Å²) >= 11 is 1.54. The van der Waals surface area contributed by atoms with Gasteiger partial charge in [0.25, 0.3) is 5.91 Å². The van der Waals surface area contributed by atoms with E-state index in [9.17, 15) is 4.79 Å². The second kappa shape index (κ2) is 7.11. The smallest absolute Gasteiger partial charge is 0.268 e. The molecule has 0 radical (unpaired) electrons. The topological polar surface area (TPSA) is 54.3 Å². The van der Waals surface area contributed by atoms with Crippen LogP contribution < -0.4 is 5.32 Å². The Hall–Kier alpha value is -2.03. The fraction of sp³-hybridized carbons (Fsp3) is 0.312. The summed E-state index contributed by atoms with van der Waals surface area (Å²) in [6.45, 7) is 4.36. The molecule has 0 aromatic carbocycles. The van der Waals surface area contributed by atoms with Crippen molar-refractivity contribution < 1.29 is 9.90 Å². The fourth-order valence-corrected chi connectivity index (χ4v) is 2.78. The number of hydrogen-bond donors (Lipinski definition) is 2. The van der Waals surface area contributed by atoms with Gasteiger partial charge in [-0.05, 0) is 37.4 Å². The van der Waals surface area contributed by atoms with E-state index < -0.39 is 0 Å². The minimum atomic E-state index is -0.163. The van der Waals surface area contributed by atoms with Crippen LogP contribution in [0.25, 0.3) is 0 Å². The highest BCUT2D eigenvalue weighted by molar-refractivity contribution is 7.10. The standard InChI is InChI=1S/C16H18N2O2S/c1-12(2)18-8-3-6-14(18)16(20)17-11-15-13(5-4-9-19)7-10-21-15/h3,6-8,10,12,19H,9,11H2,1-2H3,(H,17,20). The normalized spacial score (nSPS) is 10.3. The number of nitrogens with zero attached hydrogens (tertiary/aromatic N) is 1. The van der Waals surface area contributed by atoms with Crippen LogP contribution >= 0.6 is 11.3 Å². The van der Waals surface area contributed by atoms with E-state index in [-0.39, 0.29) is 18.6 Å². The van der Waals surface area contributed by atoms with Crippen molar-refractivity contribution >= 4 is 17.2 Å². The molecule has 1 amide bonds. The molecule has 0 aliphatic rings. The number of amides is 1. The Balaban J connectivity index is 2.05. The Morgan fingerprint density at radius 1 is 1.48 bits per heavy atom. The Kier molecular flexibility index (Phi) is 5.20. The van der Waals surface area contributed by atoms with Crippen LogP contribution in [-0.4, -0.2) is 22.2 Å². The van der Waals surface area contributed by atoms with E-state index in [1.807, 2.05) is 48.2 Å². The average Bonchev–Trinajstić information content (AvgIpc) is 3.11. The van der Waals surface area contributed by atoms with E-state index in [0.717, 1.165) is 10.4 Å². The maximum atomic E-state index is 12.2. The largest absolute Gasteiger partial charge is 0.384 e. The average molecular weight is 302 g/mol. The van der Waals surface area contributed by atoms with E-state index in [4.69, 9.17) is 5.11 Å². The second-order valence-electron chi connectivity index (χ2n) is 4.79. The molecule has 2 aromatic rings. The minimum absolute atomic E-state index is 0.0943. The van der Waals surface area contributed by atoms with Crippen molar-refractivity contribution in [3.63, 3.8) is 0 Å². The zero-order chi connectivity index (χ0) is 15.2. The van der Waals surface area contributed by atoms with Crippen molar-refractivity contribution in [3.05, 3.63) is 45.9 Å². The van der Waals surface area contributed by atoms with Gasteiger partial charge in [0, 0.05) is 22.7 Å². The van der Waals surface area contributed by atoms with Crippen molar-refractivity contribution in [1.82, 2.24) is 9.88 Å². The summed E-state index contributed by atoms with van der Waals surface area (Å²) in [5.74, 6) is 5.42. The Bertz CT molecular complexity index is 674. The fourth-order valence-electron chi connectivity index (χ4n) is 2.01.